The summed E-state index contributed by atoms with van der Waals surface area (Å²) < 4.78 is 57.8. The molecular formula is C17H13Cl2F2NO3S. The van der Waals surface area contributed by atoms with Crippen molar-refractivity contribution in [2.75, 3.05) is 13.2 Å². The topological polar surface area (TPSA) is 55.4 Å². The number of hydrogen-bond acceptors (Lipinski definition) is 3. The van der Waals surface area contributed by atoms with Gasteiger partial charge >= 0.3 is 0 Å². The largest absolute Gasteiger partial charge is 0.478 e. The van der Waals surface area contributed by atoms with Crippen LogP contribution in [0.3, 0.4) is 0 Å². The Morgan fingerprint density at radius 1 is 1.12 bits per heavy atom. The second kappa shape index (κ2) is 8.69. The predicted octanol–water partition coefficient (Wildman–Crippen LogP) is 3.94. The van der Waals surface area contributed by atoms with Crippen molar-refractivity contribution in [3.8, 4) is 17.6 Å². The summed E-state index contributed by atoms with van der Waals surface area (Å²) in [5.74, 6) is 3.34. The summed E-state index contributed by atoms with van der Waals surface area (Å²) in [4.78, 5) is -0.104. The van der Waals surface area contributed by atoms with E-state index in [0.29, 0.717) is 16.7 Å². The van der Waals surface area contributed by atoms with E-state index in [0.717, 1.165) is 12.1 Å². The Morgan fingerprint density at radius 3 is 2.54 bits per heavy atom. The number of halogens is 4. The molecule has 0 heterocycles. The fourth-order valence-electron chi connectivity index (χ4n) is 1.87. The molecular weight excluding hydrogens is 407 g/mol. The zero-order valence-electron chi connectivity index (χ0n) is 13.4. The molecule has 1 N–H and O–H groups in total. The quantitative estimate of drug-likeness (QED) is 0.746. The van der Waals surface area contributed by atoms with Gasteiger partial charge < -0.3 is 4.74 Å². The van der Waals surface area contributed by atoms with E-state index in [2.05, 4.69) is 16.6 Å². The minimum absolute atomic E-state index is 0.00354. The van der Waals surface area contributed by atoms with E-state index in [4.69, 9.17) is 27.9 Å². The number of sulfonamides is 1. The molecule has 0 radical (unpaired) electrons. The Hall–Kier alpha value is -1.85. The van der Waals surface area contributed by atoms with Crippen molar-refractivity contribution in [2.24, 2.45) is 0 Å². The molecule has 0 amide bonds. The second-order valence-electron chi connectivity index (χ2n) is 5.07. The number of nitrogens with one attached hydrogen (secondary N) is 1. The van der Waals surface area contributed by atoms with Gasteiger partial charge in [-0.3, -0.25) is 0 Å². The Labute approximate surface area is 160 Å². The van der Waals surface area contributed by atoms with E-state index in [9.17, 15) is 17.2 Å². The molecule has 0 unspecified atom stereocenters. The Bertz CT molecular complexity index is 985. The Balaban J connectivity index is 1.93. The lowest BCUT2D eigenvalue weighted by Gasteiger charge is -2.08. The van der Waals surface area contributed by atoms with E-state index in [1.807, 2.05) is 0 Å². The monoisotopic (exact) mass is 419 g/mol. The van der Waals surface area contributed by atoms with E-state index in [1.165, 1.54) is 12.1 Å². The first kappa shape index (κ1) is 20.5. The van der Waals surface area contributed by atoms with E-state index in [1.54, 1.807) is 6.92 Å². The van der Waals surface area contributed by atoms with Crippen molar-refractivity contribution in [2.45, 2.75) is 11.8 Å². The van der Waals surface area contributed by atoms with Gasteiger partial charge in [-0.05, 0) is 36.8 Å². The van der Waals surface area contributed by atoms with Crippen LogP contribution >= 0.6 is 23.2 Å². The number of aryl methyl sites for hydroxylation is 1. The number of benzene rings is 2. The van der Waals surface area contributed by atoms with E-state index < -0.39 is 21.7 Å². The standard InChI is InChI=1S/C17H13Cl2F2NO3S/c1-11-8-17(14(19)10-13(11)18)26(23,24)22-6-2-3-7-25-16-5-4-12(20)9-15(16)21/h4-5,8-10,22H,6-7H2,1H3. The zero-order valence-corrected chi connectivity index (χ0v) is 15.8. The molecule has 2 rings (SSSR count). The SMILES string of the molecule is Cc1cc(S(=O)(=O)NCC#CCOc2ccc(F)cc2F)c(Cl)cc1Cl. The first-order valence-corrected chi connectivity index (χ1v) is 9.43. The van der Waals surface area contributed by atoms with Crippen molar-refractivity contribution in [3.05, 3.63) is 57.6 Å². The molecule has 0 aliphatic heterocycles. The molecule has 0 bridgehead atoms. The molecule has 0 aromatic heterocycles. The second-order valence-corrected chi connectivity index (χ2v) is 7.62. The molecule has 0 fully saturated rings. The summed E-state index contributed by atoms with van der Waals surface area (Å²) in [7, 11) is -3.87. The van der Waals surface area contributed by atoms with Crippen molar-refractivity contribution < 1.29 is 21.9 Å². The molecule has 9 heteroatoms. The Morgan fingerprint density at radius 2 is 1.85 bits per heavy atom. The van der Waals surface area contributed by atoms with E-state index in [-0.39, 0.29) is 28.8 Å². The van der Waals surface area contributed by atoms with Gasteiger partial charge in [0, 0.05) is 11.1 Å². The normalized spacial score (nSPS) is 11.0. The van der Waals surface area contributed by atoms with Crippen molar-refractivity contribution in [3.63, 3.8) is 0 Å². The lowest BCUT2D eigenvalue weighted by Crippen LogP contribution is -2.24. The first-order chi connectivity index (χ1) is 12.2. The van der Waals surface area contributed by atoms with Crippen molar-refractivity contribution in [1.82, 2.24) is 4.72 Å². The van der Waals surface area contributed by atoms with Crippen LogP contribution in [0.15, 0.2) is 35.2 Å². The maximum Gasteiger partial charge on any atom is 0.242 e. The maximum absolute atomic E-state index is 13.3. The zero-order chi connectivity index (χ0) is 19.3. The van der Waals surface area contributed by atoms with Crippen molar-refractivity contribution >= 4 is 33.2 Å². The van der Waals surface area contributed by atoms with Crippen LogP contribution in [-0.4, -0.2) is 21.6 Å². The highest BCUT2D eigenvalue weighted by molar-refractivity contribution is 7.89. The molecule has 0 saturated carbocycles. The summed E-state index contributed by atoms with van der Waals surface area (Å²) >= 11 is 11.8. The van der Waals surface area contributed by atoms with Crippen LogP contribution in [0.5, 0.6) is 5.75 Å². The molecule has 2 aromatic rings. The molecule has 2 aromatic carbocycles. The van der Waals surface area contributed by atoms with E-state index >= 15 is 0 Å². The first-order valence-electron chi connectivity index (χ1n) is 7.19. The summed E-state index contributed by atoms with van der Waals surface area (Å²) in [5, 5.41) is 0.357. The number of rotatable bonds is 5. The smallest absolute Gasteiger partial charge is 0.242 e. The van der Waals surface area contributed by atoms with Gasteiger partial charge in [0.05, 0.1) is 11.6 Å². The molecule has 0 aliphatic rings. The number of ether oxygens (including phenoxy) is 1. The van der Waals surface area contributed by atoms with Gasteiger partial charge in [-0.15, -0.1) is 0 Å². The highest BCUT2D eigenvalue weighted by atomic mass is 35.5. The molecule has 4 nitrogen and oxygen atoms in total. The predicted molar refractivity (Wildman–Crippen MR) is 96.0 cm³/mol. The van der Waals surface area contributed by atoms with Crippen LogP contribution in [0.25, 0.3) is 0 Å². The summed E-state index contributed by atoms with van der Waals surface area (Å²) in [6.07, 6.45) is 0. The van der Waals surface area contributed by atoms with Gasteiger partial charge in [-0.25, -0.2) is 17.2 Å². The molecule has 0 saturated heterocycles. The van der Waals surface area contributed by atoms with Gasteiger partial charge in [0.2, 0.25) is 10.0 Å². The molecule has 0 spiro atoms. The third-order valence-corrected chi connectivity index (χ3v) is 5.45. The maximum atomic E-state index is 13.3. The van der Waals surface area contributed by atoms with Gasteiger partial charge in [0.1, 0.15) is 17.3 Å². The van der Waals surface area contributed by atoms with Crippen LogP contribution in [0, 0.1) is 30.4 Å². The van der Waals surface area contributed by atoms with Crippen LogP contribution in [0.4, 0.5) is 8.78 Å². The van der Waals surface area contributed by atoms with Crippen LogP contribution in [0.1, 0.15) is 5.56 Å². The van der Waals surface area contributed by atoms with Crippen LogP contribution < -0.4 is 9.46 Å². The lowest BCUT2D eigenvalue weighted by atomic mass is 10.2. The highest BCUT2D eigenvalue weighted by Crippen LogP contribution is 2.27. The van der Waals surface area contributed by atoms with Crippen LogP contribution in [-0.2, 0) is 10.0 Å². The summed E-state index contributed by atoms with van der Waals surface area (Å²) in [6, 6.07) is 5.59. The Kier molecular flexibility index (Phi) is 6.84. The minimum atomic E-state index is -3.87. The molecule has 138 valence electrons. The summed E-state index contributed by atoms with van der Waals surface area (Å²) in [5.41, 5.74) is 0.567. The van der Waals surface area contributed by atoms with Gasteiger partial charge in [-0.1, -0.05) is 35.0 Å². The molecule has 26 heavy (non-hydrogen) atoms. The fourth-order valence-corrected chi connectivity index (χ4v) is 3.62. The highest BCUT2D eigenvalue weighted by Gasteiger charge is 2.18. The molecule has 0 aliphatic carbocycles. The third kappa shape index (κ3) is 5.32. The van der Waals surface area contributed by atoms with Crippen LogP contribution in [0.2, 0.25) is 10.0 Å². The van der Waals surface area contributed by atoms with Gasteiger partial charge in [0.15, 0.2) is 11.6 Å². The van der Waals surface area contributed by atoms with Crippen molar-refractivity contribution in [1.29, 1.82) is 0 Å². The average Bonchev–Trinajstić information content (AvgIpc) is 2.55. The third-order valence-electron chi connectivity index (χ3n) is 3.17. The lowest BCUT2D eigenvalue weighted by molar-refractivity contribution is 0.346. The average molecular weight is 420 g/mol. The fraction of sp³-hybridized carbons (Fsp3) is 0.176. The summed E-state index contributed by atoms with van der Waals surface area (Å²) in [6.45, 7) is 1.27. The minimum Gasteiger partial charge on any atom is -0.478 e. The molecule has 0 atom stereocenters. The van der Waals surface area contributed by atoms with Gasteiger partial charge in [-0.2, -0.15) is 4.72 Å². The number of hydrogen-bond donors (Lipinski definition) is 1. The van der Waals surface area contributed by atoms with Gasteiger partial charge in [0.25, 0.3) is 0 Å².